The Balaban J connectivity index is 1.44. The molecule has 33 heavy (non-hydrogen) atoms. The van der Waals surface area contributed by atoms with E-state index in [-0.39, 0.29) is 0 Å². The maximum atomic E-state index is 6.28. The molecule has 2 heterocycles. The molecular weight excluding hydrogens is 404 g/mol. The molecule has 1 aliphatic rings. The summed E-state index contributed by atoms with van der Waals surface area (Å²) in [4.78, 5) is 8.17. The molecule has 5 rings (SSSR count). The van der Waals surface area contributed by atoms with Crippen molar-refractivity contribution in [2.45, 2.75) is 0 Å². The van der Waals surface area contributed by atoms with Crippen LogP contribution in [0.5, 0.6) is 0 Å². The highest BCUT2D eigenvalue weighted by Crippen LogP contribution is 2.32. The lowest BCUT2D eigenvalue weighted by Gasteiger charge is -2.19. The Kier molecular flexibility index (Phi) is 6.03. The van der Waals surface area contributed by atoms with Crippen molar-refractivity contribution in [1.82, 2.24) is 9.97 Å². The second-order valence-corrected chi connectivity index (χ2v) is 7.63. The van der Waals surface area contributed by atoms with Gasteiger partial charge in [0.25, 0.3) is 0 Å². The van der Waals surface area contributed by atoms with Gasteiger partial charge >= 0.3 is 0 Å². The third-order valence-electron chi connectivity index (χ3n) is 5.25. The highest BCUT2D eigenvalue weighted by atomic mass is 16.5. The van der Waals surface area contributed by atoms with Crippen molar-refractivity contribution in [2.24, 2.45) is 0 Å². The number of hydrogen-bond donors (Lipinski definition) is 0. The van der Waals surface area contributed by atoms with E-state index in [2.05, 4.69) is 82.8 Å². The molecule has 0 aliphatic carbocycles. The molecule has 0 saturated heterocycles. The average Bonchev–Trinajstić information content (AvgIpc) is 2.90. The van der Waals surface area contributed by atoms with Crippen LogP contribution in [-0.2, 0) is 4.74 Å². The van der Waals surface area contributed by atoms with E-state index in [1.807, 2.05) is 48.5 Å². The van der Waals surface area contributed by atoms with Gasteiger partial charge in [-0.25, -0.2) is 9.97 Å². The normalized spacial score (nSPS) is 13.3. The molecule has 1 aromatic heterocycles. The second kappa shape index (κ2) is 9.75. The Hall–Kier alpha value is -4.50. The summed E-state index contributed by atoms with van der Waals surface area (Å²) in [6.45, 7) is 0. The lowest BCUT2D eigenvalue weighted by Crippen LogP contribution is -1.99. The molecule has 0 saturated carbocycles. The highest BCUT2D eigenvalue weighted by molar-refractivity contribution is 5.81. The number of ether oxygens (including phenoxy) is 1. The number of rotatable bonds is 5. The van der Waals surface area contributed by atoms with Crippen LogP contribution in [0.25, 0.3) is 29.7 Å². The number of allylic oxidation sites excluding steroid dienone is 3. The van der Waals surface area contributed by atoms with E-state index in [1.54, 1.807) is 12.5 Å². The molecule has 1 aliphatic heterocycles. The molecule has 3 nitrogen and oxygen atoms in total. The topological polar surface area (TPSA) is 35.0 Å². The molecule has 0 amide bonds. The van der Waals surface area contributed by atoms with Gasteiger partial charge in [-0.15, -0.1) is 0 Å². The summed E-state index contributed by atoms with van der Waals surface area (Å²) in [5.41, 5.74) is 6.31. The van der Waals surface area contributed by atoms with Crippen LogP contribution in [-0.4, -0.2) is 9.97 Å². The zero-order valence-corrected chi connectivity index (χ0v) is 18.0. The van der Waals surface area contributed by atoms with Crippen LogP contribution in [0.4, 0.5) is 0 Å². The zero-order valence-electron chi connectivity index (χ0n) is 18.0. The molecular formula is C30H22N2O. The fourth-order valence-corrected chi connectivity index (χ4v) is 3.57. The maximum Gasteiger partial charge on any atom is 0.135 e. The van der Waals surface area contributed by atoms with Gasteiger partial charge in [-0.2, -0.15) is 0 Å². The monoisotopic (exact) mass is 426 g/mol. The first-order valence-corrected chi connectivity index (χ1v) is 10.8. The summed E-state index contributed by atoms with van der Waals surface area (Å²) >= 11 is 0. The smallest absolute Gasteiger partial charge is 0.135 e. The lowest BCUT2D eigenvalue weighted by molar-refractivity contribution is 0.467. The number of aromatic nitrogens is 2. The minimum atomic E-state index is 0.840. The quantitative estimate of drug-likeness (QED) is 0.340. The predicted octanol–water partition coefficient (Wildman–Crippen LogP) is 7.14. The van der Waals surface area contributed by atoms with Gasteiger partial charge in [-0.3, -0.25) is 0 Å². The van der Waals surface area contributed by atoms with Crippen LogP contribution in [0.3, 0.4) is 0 Å². The molecule has 0 bridgehead atoms. The first-order valence-electron chi connectivity index (χ1n) is 10.8. The van der Waals surface area contributed by atoms with Crippen LogP contribution in [0.15, 0.2) is 121 Å². The van der Waals surface area contributed by atoms with E-state index in [4.69, 9.17) is 4.74 Å². The van der Waals surface area contributed by atoms with Gasteiger partial charge in [0.05, 0.1) is 5.69 Å². The molecule has 0 N–H and O–H groups in total. The molecule has 0 unspecified atom stereocenters. The SMILES string of the molecule is C(=C1C=C(c2ccccc2)OC(c2ccccc2)=C1)c1ccc(/C=C/c2ccncn2)cc1. The predicted molar refractivity (Wildman–Crippen MR) is 135 cm³/mol. The average molecular weight is 427 g/mol. The fraction of sp³-hybridized carbons (Fsp3) is 0. The minimum absolute atomic E-state index is 0.840. The van der Waals surface area contributed by atoms with Crippen molar-refractivity contribution < 1.29 is 4.74 Å². The van der Waals surface area contributed by atoms with Crippen molar-refractivity contribution in [3.8, 4) is 0 Å². The molecule has 0 fully saturated rings. The molecule has 4 aromatic rings. The first-order chi connectivity index (χ1) is 16.3. The van der Waals surface area contributed by atoms with Crippen molar-refractivity contribution in [2.75, 3.05) is 0 Å². The molecule has 0 spiro atoms. The summed E-state index contributed by atoms with van der Waals surface area (Å²) in [5.74, 6) is 1.68. The molecule has 0 radical (unpaired) electrons. The van der Waals surface area contributed by atoms with E-state index in [9.17, 15) is 0 Å². The van der Waals surface area contributed by atoms with Crippen molar-refractivity contribution in [3.63, 3.8) is 0 Å². The lowest BCUT2D eigenvalue weighted by atomic mass is 10.0. The summed E-state index contributed by atoms with van der Waals surface area (Å²) in [6, 6.07) is 30.7. The van der Waals surface area contributed by atoms with Gasteiger partial charge in [-0.05, 0) is 47.1 Å². The number of nitrogens with zero attached hydrogens (tertiary/aromatic N) is 2. The highest BCUT2D eigenvalue weighted by Gasteiger charge is 2.14. The summed E-state index contributed by atoms with van der Waals surface area (Å²) in [5, 5.41) is 0. The van der Waals surface area contributed by atoms with Gasteiger partial charge in [-0.1, -0.05) is 91.0 Å². The Morgan fingerprint density at radius 2 is 1.21 bits per heavy atom. The maximum absolute atomic E-state index is 6.28. The van der Waals surface area contributed by atoms with Crippen LogP contribution in [0, 0.1) is 0 Å². The van der Waals surface area contributed by atoms with Crippen LogP contribution in [0.2, 0.25) is 0 Å². The molecule has 3 heteroatoms. The Bertz CT molecular complexity index is 1280. The molecule has 0 atom stereocenters. The van der Waals surface area contributed by atoms with Gasteiger partial charge in [0.1, 0.15) is 17.8 Å². The summed E-state index contributed by atoms with van der Waals surface area (Å²) in [7, 11) is 0. The number of hydrogen-bond acceptors (Lipinski definition) is 3. The second-order valence-electron chi connectivity index (χ2n) is 7.63. The van der Waals surface area contributed by atoms with Crippen LogP contribution in [0.1, 0.15) is 27.9 Å². The van der Waals surface area contributed by atoms with E-state index in [1.165, 1.54) is 0 Å². The fourth-order valence-electron chi connectivity index (χ4n) is 3.57. The molecule has 3 aromatic carbocycles. The Morgan fingerprint density at radius 1 is 0.606 bits per heavy atom. The standard InChI is InChI=1S/C30H22N2O/c1-3-7-26(8-4-1)29-20-25(21-30(33-29)27-9-5-2-6-10-27)19-24-13-11-23(12-14-24)15-16-28-17-18-31-22-32-28/h1-22H/b16-15+. The zero-order chi connectivity index (χ0) is 22.3. The Labute approximate surface area is 193 Å². The van der Waals surface area contributed by atoms with Crippen molar-refractivity contribution in [3.05, 3.63) is 149 Å². The van der Waals surface area contributed by atoms with E-state index < -0.39 is 0 Å². The van der Waals surface area contributed by atoms with Gasteiger partial charge in [0, 0.05) is 17.3 Å². The van der Waals surface area contributed by atoms with Gasteiger partial charge in [0.2, 0.25) is 0 Å². The largest absolute Gasteiger partial charge is 0.456 e. The third kappa shape index (κ3) is 5.23. The van der Waals surface area contributed by atoms with E-state index in [0.29, 0.717) is 0 Å². The van der Waals surface area contributed by atoms with Crippen molar-refractivity contribution >= 4 is 29.7 Å². The van der Waals surface area contributed by atoms with Gasteiger partial charge < -0.3 is 4.74 Å². The number of benzene rings is 3. The molecule has 158 valence electrons. The van der Waals surface area contributed by atoms with E-state index in [0.717, 1.165) is 45.0 Å². The summed E-state index contributed by atoms with van der Waals surface area (Å²) < 4.78 is 6.28. The van der Waals surface area contributed by atoms with E-state index >= 15 is 0 Å². The Morgan fingerprint density at radius 3 is 1.79 bits per heavy atom. The summed E-state index contributed by atoms with van der Waals surface area (Å²) in [6.07, 6.45) is 13.7. The van der Waals surface area contributed by atoms with Crippen LogP contribution >= 0.6 is 0 Å². The minimum Gasteiger partial charge on any atom is -0.456 e. The van der Waals surface area contributed by atoms with Crippen molar-refractivity contribution in [1.29, 1.82) is 0 Å². The first kappa shape index (κ1) is 20.4. The van der Waals surface area contributed by atoms with Crippen LogP contribution < -0.4 is 0 Å². The van der Waals surface area contributed by atoms with Gasteiger partial charge in [0.15, 0.2) is 0 Å². The third-order valence-corrected chi connectivity index (χ3v) is 5.25.